The summed E-state index contributed by atoms with van der Waals surface area (Å²) in [5.74, 6) is 0.419. The number of methoxy groups -OCH3 is 2. The van der Waals surface area contributed by atoms with Crippen LogP contribution in [0.5, 0.6) is 11.5 Å². The zero-order valence-corrected chi connectivity index (χ0v) is 24.6. The molecule has 0 saturated carbocycles. The fraction of sp³-hybridized carbons (Fsp3) is 0.433. The van der Waals surface area contributed by atoms with Crippen LogP contribution in [0.1, 0.15) is 55.2 Å². The van der Waals surface area contributed by atoms with E-state index in [0.29, 0.717) is 37.7 Å². The van der Waals surface area contributed by atoms with E-state index in [1.165, 1.54) is 18.4 Å². The van der Waals surface area contributed by atoms with Gasteiger partial charge in [0.05, 0.1) is 42.7 Å². The van der Waals surface area contributed by atoms with Crippen molar-refractivity contribution in [1.29, 1.82) is 0 Å². The highest BCUT2D eigenvalue weighted by Crippen LogP contribution is 2.40. The molecule has 40 heavy (non-hydrogen) atoms. The maximum atomic E-state index is 14.1. The Morgan fingerprint density at radius 3 is 2.70 bits per heavy atom. The third-order valence-corrected chi connectivity index (χ3v) is 8.54. The van der Waals surface area contributed by atoms with Crippen LogP contribution < -0.4 is 24.4 Å². The molecule has 0 unspecified atom stereocenters. The fourth-order valence-corrected chi connectivity index (χ4v) is 6.64. The van der Waals surface area contributed by atoms with Crippen LogP contribution in [0, 0.1) is 13.8 Å². The van der Waals surface area contributed by atoms with Gasteiger partial charge in [-0.2, -0.15) is 0 Å². The number of aryl methyl sites for hydroxylation is 1. The predicted octanol–water partition coefficient (Wildman–Crippen LogP) is 3.41. The van der Waals surface area contributed by atoms with E-state index in [2.05, 4.69) is 29.5 Å². The molecule has 2 aromatic heterocycles. The van der Waals surface area contributed by atoms with Gasteiger partial charge in [0.1, 0.15) is 6.04 Å². The van der Waals surface area contributed by atoms with E-state index in [-0.39, 0.29) is 18.3 Å². The molecule has 0 aliphatic carbocycles. The molecule has 1 aromatic carbocycles. The molecule has 0 radical (unpaired) electrons. The minimum Gasteiger partial charge on any atom is -0.493 e. The molecule has 3 aromatic rings. The first-order valence-electron chi connectivity index (χ1n) is 13.5. The number of benzene rings is 1. The average Bonchev–Trinajstić information content (AvgIpc) is 3.63. The van der Waals surface area contributed by atoms with Crippen molar-refractivity contribution in [3.8, 4) is 11.5 Å². The van der Waals surface area contributed by atoms with Crippen LogP contribution in [0.2, 0.25) is 0 Å². The normalized spacial score (nSPS) is 19.0. The molecule has 10 heteroatoms. The van der Waals surface area contributed by atoms with Gasteiger partial charge in [-0.25, -0.2) is 9.79 Å². The molecule has 2 aliphatic rings. The number of ether oxygens (including phenoxy) is 4. The van der Waals surface area contributed by atoms with Crippen molar-refractivity contribution in [2.75, 3.05) is 27.4 Å². The van der Waals surface area contributed by atoms with Crippen molar-refractivity contribution in [1.82, 2.24) is 9.13 Å². The summed E-state index contributed by atoms with van der Waals surface area (Å²) in [7, 11) is 3.09. The van der Waals surface area contributed by atoms with E-state index in [4.69, 9.17) is 18.9 Å². The van der Waals surface area contributed by atoms with Gasteiger partial charge in [-0.1, -0.05) is 23.5 Å². The third kappa shape index (κ3) is 4.90. The van der Waals surface area contributed by atoms with E-state index < -0.39 is 12.0 Å². The number of rotatable bonds is 8. The highest BCUT2D eigenvalue weighted by molar-refractivity contribution is 7.07. The molecule has 2 aliphatic heterocycles. The second kappa shape index (κ2) is 11.5. The first-order valence-corrected chi connectivity index (χ1v) is 14.3. The van der Waals surface area contributed by atoms with E-state index in [1.807, 2.05) is 18.2 Å². The number of aromatic nitrogens is 2. The van der Waals surface area contributed by atoms with Crippen LogP contribution in [-0.2, 0) is 20.8 Å². The van der Waals surface area contributed by atoms with Crippen molar-refractivity contribution in [2.45, 2.75) is 59.2 Å². The van der Waals surface area contributed by atoms with Crippen LogP contribution in [0.25, 0.3) is 6.08 Å². The molecule has 4 heterocycles. The molecule has 9 nitrogen and oxygen atoms in total. The lowest BCUT2D eigenvalue weighted by molar-refractivity contribution is -0.139. The smallest absolute Gasteiger partial charge is 0.338 e. The van der Waals surface area contributed by atoms with E-state index in [9.17, 15) is 9.59 Å². The summed E-state index contributed by atoms with van der Waals surface area (Å²) in [4.78, 5) is 32.5. The van der Waals surface area contributed by atoms with E-state index >= 15 is 0 Å². The summed E-state index contributed by atoms with van der Waals surface area (Å²) in [5, 5.41) is 0. The number of hydrogen-bond donors (Lipinski definition) is 0. The molecule has 5 rings (SSSR count). The molecule has 212 valence electrons. The summed E-state index contributed by atoms with van der Waals surface area (Å²) in [6, 6.07) is 6.72. The summed E-state index contributed by atoms with van der Waals surface area (Å²) in [6.07, 6.45) is 4.28. The lowest BCUT2D eigenvalue weighted by Gasteiger charge is -2.26. The lowest BCUT2D eigenvalue weighted by atomic mass is 9.94. The number of nitrogens with zero attached hydrogens (tertiary/aromatic N) is 3. The number of thiazole rings is 1. The van der Waals surface area contributed by atoms with Crippen molar-refractivity contribution in [3.05, 3.63) is 77.7 Å². The number of fused-ring (bicyclic) bond motifs is 1. The van der Waals surface area contributed by atoms with Gasteiger partial charge in [-0.3, -0.25) is 9.36 Å². The second-order valence-corrected chi connectivity index (χ2v) is 11.0. The Balaban J connectivity index is 1.68. The Labute approximate surface area is 237 Å². The minimum absolute atomic E-state index is 0.198. The van der Waals surface area contributed by atoms with Gasteiger partial charge in [0.25, 0.3) is 5.56 Å². The third-order valence-electron chi connectivity index (χ3n) is 7.55. The fourth-order valence-electron chi connectivity index (χ4n) is 5.60. The van der Waals surface area contributed by atoms with Crippen molar-refractivity contribution >= 4 is 23.4 Å². The summed E-state index contributed by atoms with van der Waals surface area (Å²) in [5.41, 5.74) is 4.33. The first kappa shape index (κ1) is 27.9. The molecule has 0 N–H and O–H groups in total. The Bertz CT molecular complexity index is 1660. The Kier molecular flexibility index (Phi) is 8.00. The molecule has 1 fully saturated rings. The minimum atomic E-state index is -0.797. The number of carbonyl (C=O) groups is 1. The Morgan fingerprint density at radius 1 is 1.23 bits per heavy atom. The summed E-state index contributed by atoms with van der Waals surface area (Å²) >= 11 is 1.30. The van der Waals surface area contributed by atoms with Crippen LogP contribution in [0.15, 0.2) is 45.3 Å². The quantitative estimate of drug-likeness (QED) is 0.389. The molecule has 0 bridgehead atoms. The number of allylic oxidation sites excluding steroid dienone is 1. The lowest BCUT2D eigenvalue weighted by Crippen LogP contribution is -2.40. The SMILES string of the molecule is CCOC(=O)C1=C(C)N=c2sc(=Cc3cc(C)n(C[C@H]4CCCO4)c3C)c(=O)n2[C@@H]1c1cccc(OC)c1OC. The van der Waals surface area contributed by atoms with Gasteiger partial charge in [0, 0.05) is 30.1 Å². The van der Waals surface area contributed by atoms with Gasteiger partial charge < -0.3 is 23.5 Å². The molecular weight excluding hydrogens is 530 g/mol. The van der Waals surface area contributed by atoms with Crippen molar-refractivity contribution < 1.29 is 23.7 Å². The zero-order chi connectivity index (χ0) is 28.6. The number of para-hydroxylation sites is 1. The zero-order valence-electron chi connectivity index (χ0n) is 23.8. The molecule has 2 atom stereocenters. The number of esters is 1. The average molecular weight is 566 g/mol. The van der Waals surface area contributed by atoms with E-state index in [1.54, 1.807) is 31.6 Å². The molecular formula is C30H35N3O6S. The molecule has 1 saturated heterocycles. The predicted molar refractivity (Wildman–Crippen MR) is 153 cm³/mol. The van der Waals surface area contributed by atoms with Crippen LogP contribution in [0.4, 0.5) is 0 Å². The largest absolute Gasteiger partial charge is 0.493 e. The van der Waals surface area contributed by atoms with Crippen LogP contribution in [-0.4, -0.2) is 48.6 Å². The second-order valence-electron chi connectivity index (χ2n) is 9.96. The monoisotopic (exact) mass is 565 g/mol. The van der Waals surface area contributed by atoms with Gasteiger partial charge in [-0.15, -0.1) is 0 Å². The van der Waals surface area contributed by atoms with Gasteiger partial charge >= 0.3 is 5.97 Å². The summed E-state index contributed by atoms with van der Waals surface area (Å²) in [6.45, 7) is 9.46. The maximum Gasteiger partial charge on any atom is 0.338 e. The number of carbonyl (C=O) groups excluding carboxylic acids is 1. The van der Waals surface area contributed by atoms with Gasteiger partial charge in [-0.05, 0) is 64.3 Å². The number of hydrogen-bond acceptors (Lipinski definition) is 8. The highest BCUT2D eigenvalue weighted by atomic mass is 32.1. The highest BCUT2D eigenvalue weighted by Gasteiger charge is 2.36. The van der Waals surface area contributed by atoms with E-state index in [0.717, 1.165) is 42.9 Å². The van der Waals surface area contributed by atoms with Gasteiger partial charge in [0.2, 0.25) is 0 Å². The Morgan fingerprint density at radius 2 is 2.02 bits per heavy atom. The standard InChI is InChI=1S/C30H35N3O6S/c1-7-38-29(35)25-18(3)31-30-33(26(25)22-11-8-12-23(36-5)27(22)37-6)28(34)24(40-30)15-20-14-17(2)32(19(20)4)16-21-10-9-13-39-21/h8,11-12,14-15,21,26H,7,9-10,13,16H2,1-6H3/t21-,26-/m1/s1. The van der Waals surface area contributed by atoms with Crippen LogP contribution >= 0.6 is 11.3 Å². The topological polar surface area (TPSA) is 93.3 Å². The van der Waals surface area contributed by atoms with Gasteiger partial charge in [0.15, 0.2) is 16.3 Å². The summed E-state index contributed by atoms with van der Waals surface area (Å²) < 4.78 is 26.9. The Hall–Kier alpha value is -3.63. The molecule has 0 amide bonds. The van der Waals surface area contributed by atoms with Crippen LogP contribution in [0.3, 0.4) is 0 Å². The maximum absolute atomic E-state index is 14.1. The van der Waals surface area contributed by atoms with Crippen molar-refractivity contribution in [2.24, 2.45) is 4.99 Å². The first-order chi connectivity index (χ1) is 19.3. The van der Waals surface area contributed by atoms with Crippen molar-refractivity contribution in [3.63, 3.8) is 0 Å². The molecule has 0 spiro atoms.